The zero-order valence-corrected chi connectivity index (χ0v) is 22.7. The average molecular weight is 548 g/mol. The van der Waals surface area contributed by atoms with Crippen LogP contribution in [0.15, 0.2) is 23.4 Å². The Labute approximate surface area is 223 Å². The highest BCUT2D eigenvalue weighted by molar-refractivity contribution is 7.99. The number of amides is 1. The summed E-state index contributed by atoms with van der Waals surface area (Å²) >= 11 is 8.88. The second-order valence-corrected chi connectivity index (χ2v) is 11.0. The van der Waals surface area contributed by atoms with Crippen molar-refractivity contribution in [2.75, 3.05) is 11.1 Å². The number of thiophene rings is 1. The molecule has 2 unspecified atom stereocenters. The standard InChI is InChI=1S/C25H27ClFN5O2S2/c1-4-15-6-8-17-18(12-28)24(36-21(17)10-15)29-22(33)13-35-25-31-30-23(32(25)5-2)14(3)34-20-9-7-16(27)11-19(20)26/h7,9,11,14-15H,4-6,8,10,13H2,1-3H3,(H,29,33). The number of anilines is 1. The van der Waals surface area contributed by atoms with E-state index in [9.17, 15) is 14.4 Å². The second kappa shape index (κ2) is 11.6. The minimum absolute atomic E-state index is 0.127. The zero-order chi connectivity index (χ0) is 25.8. The van der Waals surface area contributed by atoms with E-state index in [1.54, 1.807) is 0 Å². The van der Waals surface area contributed by atoms with E-state index in [0.29, 0.717) is 39.8 Å². The average Bonchev–Trinajstić information content (AvgIpc) is 3.43. The number of rotatable bonds is 9. The summed E-state index contributed by atoms with van der Waals surface area (Å²) in [5.41, 5.74) is 1.70. The van der Waals surface area contributed by atoms with Crippen LogP contribution in [-0.4, -0.2) is 26.4 Å². The Hall–Kier alpha value is -2.61. The maximum atomic E-state index is 13.3. The second-order valence-electron chi connectivity index (χ2n) is 8.59. The Kier molecular flexibility index (Phi) is 8.54. The summed E-state index contributed by atoms with van der Waals surface area (Å²) in [6.45, 7) is 6.53. The molecule has 36 heavy (non-hydrogen) atoms. The van der Waals surface area contributed by atoms with E-state index in [1.165, 1.54) is 46.2 Å². The number of fused-ring (bicyclic) bond motifs is 1. The van der Waals surface area contributed by atoms with Crippen LogP contribution in [0.5, 0.6) is 5.75 Å². The number of hydrogen-bond acceptors (Lipinski definition) is 7. The van der Waals surface area contributed by atoms with E-state index < -0.39 is 11.9 Å². The maximum Gasteiger partial charge on any atom is 0.235 e. The molecule has 1 aromatic carbocycles. The third-order valence-corrected chi connectivity index (χ3v) is 8.70. The third kappa shape index (κ3) is 5.69. The van der Waals surface area contributed by atoms with Gasteiger partial charge in [-0.15, -0.1) is 21.5 Å². The van der Waals surface area contributed by atoms with E-state index in [0.717, 1.165) is 31.2 Å². The SMILES string of the molecule is CCC1CCc2c(sc(NC(=O)CSc3nnc(C(C)Oc4ccc(F)cc4Cl)n3CC)c2C#N)C1. The Balaban J connectivity index is 1.41. The van der Waals surface area contributed by atoms with Crippen LogP contribution in [0.25, 0.3) is 0 Å². The summed E-state index contributed by atoms with van der Waals surface area (Å²) in [6, 6.07) is 6.24. The fraction of sp³-hybridized carbons (Fsp3) is 0.440. The molecule has 1 amide bonds. The van der Waals surface area contributed by atoms with Crippen molar-refractivity contribution in [3.63, 3.8) is 0 Å². The van der Waals surface area contributed by atoms with Crippen molar-refractivity contribution >= 4 is 45.6 Å². The lowest BCUT2D eigenvalue weighted by molar-refractivity contribution is -0.113. The minimum Gasteiger partial charge on any atom is -0.481 e. The van der Waals surface area contributed by atoms with E-state index in [2.05, 4.69) is 28.5 Å². The number of halogens is 2. The topological polar surface area (TPSA) is 92.8 Å². The van der Waals surface area contributed by atoms with Gasteiger partial charge in [0.2, 0.25) is 5.91 Å². The Morgan fingerprint density at radius 2 is 2.25 bits per heavy atom. The molecular weight excluding hydrogens is 521 g/mol. The van der Waals surface area contributed by atoms with Crippen molar-refractivity contribution in [1.29, 1.82) is 5.26 Å². The monoisotopic (exact) mass is 547 g/mol. The van der Waals surface area contributed by atoms with Crippen LogP contribution in [0.2, 0.25) is 5.02 Å². The van der Waals surface area contributed by atoms with Crippen LogP contribution in [0.4, 0.5) is 9.39 Å². The van der Waals surface area contributed by atoms with Crippen LogP contribution in [0.1, 0.15) is 61.5 Å². The van der Waals surface area contributed by atoms with Crippen LogP contribution >= 0.6 is 34.7 Å². The molecule has 0 saturated heterocycles. The van der Waals surface area contributed by atoms with Crippen molar-refractivity contribution in [1.82, 2.24) is 14.8 Å². The third-order valence-electron chi connectivity index (χ3n) is 6.26. The predicted octanol–water partition coefficient (Wildman–Crippen LogP) is 6.41. The lowest BCUT2D eigenvalue weighted by atomic mass is 9.86. The van der Waals surface area contributed by atoms with Gasteiger partial charge in [-0.3, -0.25) is 4.79 Å². The Morgan fingerprint density at radius 1 is 1.44 bits per heavy atom. The molecule has 0 aliphatic heterocycles. The molecule has 1 aliphatic carbocycles. The molecule has 2 aromatic heterocycles. The number of hydrogen-bond donors (Lipinski definition) is 1. The Bertz CT molecular complexity index is 1300. The highest BCUT2D eigenvalue weighted by atomic mass is 35.5. The number of nitrogens with zero attached hydrogens (tertiary/aromatic N) is 4. The molecule has 0 bridgehead atoms. The summed E-state index contributed by atoms with van der Waals surface area (Å²) in [5.74, 6) is 1.05. The molecule has 2 heterocycles. The van der Waals surface area contributed by atoms with E-state index >= 15 is 0 Å². The van der Waals surface area contributed by atoms with Crippen molar-refractivity contribution in [3.05, 3.63) is 50.9 Å². The van der Waals surface area contributed by atoms with Crippen LogP contribution in [-0.2, 0) is 24.2 Å². The molecule has 0 spiro atoms. The minimum atomic E-state index is -0.494. The molecule has 190 valence electrons. The molecule has 0 radical (unpaired) electrons. The highest BCUT2D eigenvalue weighted by Crippen LogP contribution is 2.40. The van der Waals surface area contributed by atoms with Gasteiger partial charge in [0.15, 0.2) is 17.1 Å². The van der Waals surface area contributed by atoms with Crippen molar-refractivity contribution < 1.29 is 13.9 Å². The van der Waals surface area contributed by atoms with Gasteiger partial charge in [0, 0.05) is 11.4 Å². The molecule has 0 saturated carbocycles. The van der Waals surface area contributed by atoms with Crippen LogP contribution in [0, 0.1) is 23.1 Å². The highest BCUT2D eigenvalue weighted by Gasteiger charge is 2.26. The smallest absolute Gasteiger partial charge is 0.235 e. The molecule has 7 nitrogen and oxygen atoms in total. The first-order valence-corrected chi connectivity index (χ1v) is 14.0. The van der Waals surface area contributed by atoms with E-state index in [-0.39, 0.29) is 16.7 Å². The lowest BCUT2D eigenvalue weighted by Crippen LogP contribution is -2.15. The molecule has 4 rings (SSSR count). The molecule has 1 N–H and O–H groups in total. The molecular formula is C25H27ClFN5O2S2. The molecule has 0 fully saturated rings. The van der Waals surface area contributed by atoms with Gasteiger partial charge in [-0.1, -0.05) is 36.7 Å². The van der Waals surface area contributed by atoms with Gasteiger partial charge in [0.25, 0.3) is 0 Å². The lowest BCUT2D eigenvalue weighted by Gasteiger charge is -2.20. The van der Waals surface area contributed by atoms with Gasteiger partial charge >= 0.3 is 0 Å². The largest absolute Gasteiger partial charge is 0.481 e. The molecule has 2 atom stereocenters. The first kappa shape index (κ1) is 26.5. The number of thioether (sulfide) groups is 1. The van der Waals surface area contributed by atoms with Gasteiger partial charge in [0.1, 0.15) is 22.6 Å². The number of carbonyl (C=O) groups is 1. The van der Waals surface area contributed by atoms with E-state index in [4.69, 9.17) is 16.3 Å². The molecule has 3 aromatic rings. The van der Waals surface area contributed by atoms with Gasteiger partial charge in [-0.2, -0.15) is 5.26 Å². The normalized spacial score (nSPS) is 15.7. The van der Waals surface area contributed by atoms with Crippen molar-refractivity contribution in [3.8, 4) is 11.8 Å². The number of nitrogens with one attached hydrogen (secondary N) is 1. The first-order chi connectivity index (χ1) is 17.3. The summed E-state index contributed by atoms with van der Waals surface area (Å²) in [5, 5.41) is 22.5. The van der Waals surface area contributed by atoms with Crippen LogP contribution in [0.3, 0.4) is 0 Å². The zero-order valence-electron chi connectivity index (χ0n) is 20.3. The summed E-state index contributed by atoms with van der Waals surface area (Å²) in [4.78, 5) is 14.0. The summed E-state index contributed by atoms with van der Waals surface area (Å²) in [7, 11) is 0. The Morgan fingerprint density at radius 3 is 2.94 bits per heavy atom. The number of nitriles is 1. The van der Waals surface area contributed by atoms with Gasteiger partial charge in [0.05, 0.1) is 16.3 Å². The van der Waals surface area contributed by atoms with Crippen molar-refractivity contribution in [2.24, 2.45) is 5.92 Å². The number of ether oxygens (including phenoxy) is 1. The number of aromatic nitrogens is 3. The van der Waals surface area contributed by atoms with Gasteiger partial charge in [-0.25, -0.2) is 4.39 Å². The fourth-order valence-corrected chi connectivity index (χ4v) is 6.67. The number of carbonyl (C=O) groups excluding carboxylic acids is 1. The van der Waals surface area contributed by atoms with Gasteiger partial charge in [-0.05, 0) is 62.8 Å². The molecule has 11 heteroatoms. The predicted molar refractivity (Wildman–Crippen MR) is 140 cm³/mol. The quantitative estimate of drug-likeness (QED) is 0.311. The van der Waals surface area contributed by atoms with Gasteiger partial charge < -0.3 is 14.6 Å². The summed E-state index contributed by atoms with van der Waals surface area (Å²) in [6.07, 6.45) is 3.58. The maximum absolute atomic E-state index is 13.3. The summed E-state index contributed by atoms with van der Waals surface area (Å²) < 4.78 is 21.1. The number of benzene rings is 1. The first-order valence-electron chi connectivity index (χ1n) is 11.9. The fourth-order valence-electron chi connectivity index (χ4n) is 4.32. The van der Waals surface area contributed by atoms with Crippen molar-refractivity contribution in [2.45, 2.75) is 64.3 Å². The molecule has 1 aliphatic rings. The van der Waals surface area contributed by atoms with E-state index in [1.807, 2.05) is 18.4 Å². The van der Waals surface area contributed by atoms with Crippen LogP contribution < -0.4 is 10.1 Å².